The van der Waals surface area contributed by atoms with Gasteiger partial charge in [0.1, 0.15) is 11.6 Å². The topological polar surface area (TPSA) is 101 Å². The molecule has 1 aliphatic heterocycles. The van der Waals surface area contributed by atoms with Crippen LogP contribution in [0, 0.1) is 11.8 Å². The number of alkyl halides is 3. The summed E-state index contributed by atoms with van der Waals surface area (Å²) in [7, 11) is 0. The van der Waals surface area contributed by atoms with E-state index in [1.54, 1.807) is 35.7 Å². The van der Waals surface area contributed by atoms with E-state index in [0.29, 0.717) is 12.1 Å². The van der Waals surface area contributed by atoms with E-state index >= 15 is 0 Å². The van der Waals surface area contributed by atoms with Gasteiger partial charge in [-0.1, -0.05) is 18.1 Å². The van der Waals surface area contributed by atoms with Crippen molar-refractivity contribution in [1.29, 1.82) is 0 Å². The maximum atomic E-state index is 14.2. The second-order valence-corrected chi connectivity index (χ2v) is 9.27. The number of aromatic nitrogens is 4. The Kier molecular flexibility index (Phi) is 7.21. The van der Waals surface area contributed by atoms with E-state index in [9.17, 15) is 18.0 Å². The highest BCUT2D eigenvalue weighted by Crippen LogP contribution is 2.37. The Morgan fingerprint density at radius 3 is 2.77 bits per heavy atom. The van der Waals surface area contributed by atoms with Crippen LogP contribution in [0.25, 0.3) is 16.9 Å². The van der Waals surface area contributed by atoms with Gasteiger partial charge >= 0.3 is 6.18 Å². The monoisotopic (exact) mass is 533 g/mol. The fourth-order valence-electron chi connectivity index (χ4n) is 4.93. The van der Waals surface area contributed by atoms with Crippen LogP contribution in [0.2, 0.25) is 0 Å². The quantitative estimate of drug-likeness (QED) is 0.356. The second kappa shape index (κ2) is 10.7. The van der Waals surface area contributed by atoms with E-state index in [4.69, 9.17) is 10.7 Å². The van der Waals surface area contributed by atoms with Crippen molar-refractivity contribution < 1.29 is 18.0 Å². The predicted molar refractivity (Wildman–Crippen MR) is 142 cm³/mol. The third-order valence-electron chi connectivity index (χ3n) is 6.72. The Labute approximate surface area is 223 Å². The fourth-order valence-corrected chi connectivity index (χ4v) is 4.93. The first-order valence-electron chi connectivity index (χ1n) is 12.4. The molecule has 0 aliphatic carbocycles. The van der Waals surface area contributed by atoms with Crippen LogP contribution < -0.4 is 11.1 Å². The summed E-state index contributed by atoms with van der Waals surface area (Å²) < 4.78 is 44.2. The number of nitrogen functional groups attached to an aromatic ring is 1. The first kappa shape index (κ1) is 26.2. The van der Waals surface area contributed by atoms with Gasteiger partial charge in [0.05, 0.1) is 28.9 Å². The number of nitrogens with one attached hydrogen (secondary N) is 1. The molecule has 11 heteroatoms. The number of nitrogens with zero attached hydrogens (tertiary/aromatic N) is 5. The molecule has 39 heavy (non-hydrogen) atoms. The average Bonchev–Trinajstić information content (AvgIpc) is 3.33. The lowest BCUT2D eigenvalue weighted by Gasteiger charge is -2.30. The van der Waals surface area contributed by atoms with Gasteiger partial charge in [-0.05, 0) is 56.6 Å². The lowest BCUT2D eigenvalue weighted by atomic mass is 9.94. The third-order valence-corrected chi connectivity index (χ3v) is 6.72. The van der Waals surface area contributed by atoms with Crippen molar-refractivity contribution in [3.8, 4) is 23.2 Å². The van der Waals surface area contributed by atoms with E-state index in [0.717, 1.165) is 43.8 Å². The zero-order chi connectivity index (χ0) is 27.6. The van der Waals surface area contributed by atoms with Crippen molar-refractivity contribution in [2.45, 2.75) is 31.9 Å². The van der Waals surface area contributed by atoms with E-state index in [1.165, 1.54) is 18.3 Å². The van der Waals surface area contributed by atoms with Crippen molar-refractivity contribution in [3.05, 3.63) is 71.7 Å². The second-order valence-electron chi connectivity index (χ2n) is 9.27. The number of anilines is 2. The molecule has 1 saturated heterocycles. The molecule has 1 fully saturated rings. The van der Waals surface area contributed by atoms with E-state index in [2.05, 4.69) is 32.0 Å². The largest absolute Gasteiger partial charge is 0.417 e. The zero-order valence-electron chi connectivity index (χ0n) is 21.2. The molecule has 0 spiro atoms. The first-order valence-corrected chi connectivity index (χ1v) is 12.4. The molecular formula is C28H26F3N7O. The average molecular weight is 534 g/mol. The molecule has 0 bridgehead atoms. The Balaban J connectivity index is 1.57. The summed E-state index contributed by atoms with van der Waals surface area (Å²) >= 11 is 0. The van der Waals surface area contributed by atoms with Crippen LogP contribution in [0.5, 0.6) is 0 Å². The van der Waals surface area contributed by atoms with E-state index in [-0.39, 0.29) is 29.1 Å². The summed E-state index contributed by atoms with van der Waals surface area (Å²) in [6.07, 6.45) is 0.0330. The Morgan fingerprint density at radius 2 is 2.03 bits per heavy atom. The molecule has 1 aliphatic rings. The third kappa shape index (κ3) is 5.42. The van der Waals surface area contributed by atoms with Crippen LogP contribution in [0.4, 0.5) is 24.9 Å². The first-order chi connectivity index (χ1) is 18.8. The van der Waals surface area contributed by atoms with Crippen LogP contribution in [-0.4, -0.2) is 49.8 Å². The maximum Gasteiger partial charge on any atom is 0.417 e. The number of carbonyl (C=O) groups is 1. The number of pyridine rings is 1. The van der Waals surface area contributed by atoms with Crippen LogP contribution in [-0.2, 0) is 6.18 Å². The Bertz CT molecular complexity index is 1570. The van der Waals surface area contributed by atoms with Crippen molar-refractivity contribution in [2.24, 2.45) is 0 Å². The fraction of sp³-hybridized carbons (Fsp3) is 0.286. The minimum Gasteiger partial charge on any atom is -0.369 e. The number of fused-ring (bicyclic) bond motifs is 1. The van der Waals surface area contributed by atoms with Gasteiger partial charge in [-0.25, -0.2) is 15.0 Å². The van der Waals surface area contributed by atoms with Crippen molar-refractivity contribution in [1.82, 2.24) is 24.3 Å². The smallest absolute Gasteiger partial charge is 0.369 e. The number of carbonyl (C=O) groups excluding carboxylic acids is 1. The molecule has 3 N–H and O–H groups in total. The molecule has 1 unspecified atom stereocenters. The number of likely N-dealkylation sites (tertiary alicyclic amines) is 1. The summed E-state index contributed by atoms with van der Waals surface area (Å²) in [6.45, 7) is 4.09. The van der Waals surface area contributed by atoms with Gasteiger partial charge < -0.3 is 11.1 Å². The normalized spacial score (nSPS) is 16.1. The number of piperidine rings is 1. The maximum absolute atomic E-state index is 14.2. The van der Waals surface area contributed by atoms with Crippen molar-refractivity contribution in [3.63, 3.8) is 0 Å². The summed E-state index contributed by atoms with van der Waals surface area (Å²) in [4.78, 5) is 28.0. The number of nitrogens with two attached hydrogens (primary N) is 1. The molecule has 0 radical (unpaired) electrons. The molecule has 4 aromatic rings. The summed E-state index contributed by atoms with van der Waals surface area (Å²) in [5.74, 6) is 5.63. The highest BCUT2D eigenvalue weighted by Gasteiger charge is 2.36. The number of rotatable bonds is 5. The predicted octanol–water partition coefficient (Wildman–Crippen LogP) is 4.85. The van der Waals surface area contributed by atoms with Gasteiger partial charge in [0.2, 0.25) is 5.95 Å². The lowest BCUT2D eigenvalue weighted by molar-refractivity contribution is -0.137. The van der Waals surface area contributed by atoms with Gasteiger partial charge in [-0.2, -0.15) is 13.2 Å². The standard InChI is InChI=1S/C28H26F3N7O/c1-2-3-14-37-15-6-7-19(17-37)24-22-11-13-34-27(32)38(22)25(36-24)18-9-10-20(21(16-18)28(29,30)31)26(39)35-23-8-4-5-12-33-23/h4-5,8-13,16,19H,6-7,14-15,17H2,1H3,(H2,32,34)(H,33,35,39). The SMILES string of the molecule is CC#CCN1CCCC(c2nc(-c3ccc(C(=O)Nc4ccccn4)c(C(F)(F)F)c3)n3c(N)nccc23)C1. The van der Waals surface area contributed by atoms with Gasteiger partial charge in [0, 0.05) is 30.4 Å². The van der Waals surface area contributed by atoms with Crippen molar-refractivity contribution >= 4 is 23.2 Å². The minimum absolute atomic E-state index is 0.0495. The Morgan fingerprint density at radius 1 is 1.18 bits per heavy atom. The molecule has 3 aromatic heterocycles. The van der Waals surface area contributed by atoms with Gasteiger partial charge in [0.25, 0.3) is 5.91 Å². The van der Waals surface area contributed by atoms with Crippen LogP contribution in [0.3, 0.4) is 0 Å². The number of hydrogen-bond acceptors (Lipinski definition) is 6. The van der Waals surface area contributed by atoms with E-state index in [1.807, 2.05) is 0 Å². The van der Waals surface area contributed by atoms with E-state index < -0.39 is 23.2 Å². The molecule has 0 saturated carbocycles. The zero-order valence-corrected chi connectivity index (χ0v) is 21.2. The van der Waals surface area contributed by atoms with Crippen molar-refractivity contribution in [2.75, 3.05) is 30.7 Å². The van der Waals surface area contributed by atoms with Crippen LogP contribution >= 0.6 is 0 Å². The van der Waals surface area contributed by atoms with Crippen LogP contribution in [0.1, 0.15) is 47.3 Å². The number of amides is 1. The highest BCUT2D eigenvalue weighted by atomic mass is 19.4. The van der Waals surface area contributed by atoms with Gasteiger partial charge in [-0.3, -0.25) is 14.1 Å². The summed E-state index contributed by atoms with van der Waals surface area (Å²) in [5, 5.41) is 2.42. The Hall–Kier alpha value is -4.43. The van der Waals surface area contributed by atoms with Crippen LogP contribution in [0.15, 0.2) is 54.9 Å². The molecule has 1 aromatic carbocycles. The molecular weight excluding hydrogens is 507 g/mol. The summed E-state index contributed by atoms with van der Waals surface area (Å²) in [5.41, 5.74) is 6.21. The molecule has 1 amide bonds. The number of benzene rings is 1. The van der Waals surface area contributed by atoms with Gasteiger partial charge in [-0.15, -0.1) is 5.92 Å². The molecule has 8 nitrogen and oxygen atoms in total. The number of hydrogen-bond donors (Lipinski definition) is 2. The summed E-state index contributed by atoms with van der Waals surface area (Å²) in [6, 6.07) is 10.1. The number of halogens is 3. The highest BCUT2D eigenvalue weighted by molar-refractivity contribution is 6.05. The van der Waals surface area contributed by atoms with Gasteiger partial charge in [0.15, 0.2) is 0 Å². The molecule has 200 valence electrons. The molecule has 4 heterocycles. The number of imidazole rings is 1. The molecule has 1 atom stereocenters. The lowest BCUT2D eigenvalue weighted by Crippen LogP contribution is -2.34. The molecule has 5 rings (SSSR count). The minimum atomic E-state index is -4.79.